The molecule has 0 fully saturated rings. The van der Waals surface area contributed by atoms with Crippen LogP contribution in [0.1, 0.15) is 22.8 Å². The Hall–Kier alpha value is -3.47. The smallest absolute Gasteiger partial charge is 0.162 e. The van der Waals surface area contributed by atoms with Gasteiger partial charge >= 0.3 is 0 Å². The summed E-state index contributed by atoms with van der Waals surface area (Å²) in [6.07, 6.45) is -0.904. The van der Waals surface area contributed by atoms with Crippen LogP contribution in [0.5, 0.6) is 11.5 Å². The summed E-state index contributed by atoms with van der Waals surface area (Å²) in [4.78, 5) is 2.69. The molecule has 0 saturated carbocycles. The molecule has 6 heteroatoms. The van der Waals surface area contributed by atoms with Gasteiger partial charge in [-0.15, -0.1) is 0 Å². The van der Waals surface area contributed by atoms with Crippen molar-refractivity contribution in [1.29, 1.82) is 0 Å². The number of aliphatic hydroxyl groups excluding tert-OH is 1. The second-order valence-corrected chi connectivity index (χ2v) is 6.18. The zero-order valence-electron chi connectivity index (χ0n) is 15.3. The highest BCUT2D eigenvalue weighted by Gasteiger charge is 2.13. The molecular formula is C22H21N3O3. The fraction of sp³-hybridized carbons (Fsp3) is 0.182. The Morgan fingerprint density at radius 2 is 1.39 bits per heavy atom. The first-order chi connectivity index (χ1) is 13.8. The lowest BCUT2D eigenvalue weighted by atomic mass is 10.1. The summed E-state index contributed by atoms with van der Waals surface area (Å²) in [5.41, 5.74) is 11.1. The lowest BCUT2D eigenvalue weighted by Gasteiger charge is -2.16. The first-order valence-electron chi connectivity index (χ1n) is 8.92. The molecule has 0 aliphatic carbocycles. The van der Waals surface area contributed by atoms with Crippen molar-refractivity contribution in [2.75, 3.05) is 6.54 Å². The second kappa shape index (κ2) is 10.0. The number of hydrogen-bond donors (Lipinski definition) is 1. The van der Waals surface area contributed by atoms with E-state index in [0.29, 0.717) is 30.3 Å². The molecule has 0 spiro atoms. The van der Waals surface area contributed by atoms with Crippen molar-refractivity contribution in [1.82, 2.24) is 0 Å². The van der Waals surface area contributed by atoms with Crippen LogP contribution >= 0.6 is 0 Å². The standard InChI is InChI=1S/C22H21N3O3/c23-25-24-14-20(26)19-11-12-21(27-15-17-7-3-1-4-8-17)22(13-19)28-16-18-9-5-2-6-10-18/h1-13,20,26H,14-16H2/t20-/m0/s1. The van der Waals surface area contributed by atoms with Gasteiger partial charge in [0.15, 0.2) is 11.5 Å². The summed E-state index contributed by atoms with van der Waals surface area (Å²) in [6, 6.07) is 24.9. The van der Waals surface area contributed by atoms with Crippen molar-refractivity contribution < 1.29 is 14.6 Å². The number of ether oxygens (including phenoxy) is 2. The minimum atomic E-state index is -0.904. The fourth-order valence-electron chi connectivity index (χ4n) is 2.65. The Bertz CT molecular complexity index is 926. The Kier molecular flexibility index (Phi) is 6.90. The zero-order chi connectivity index (χ0) is 19.6. The van der Waals surface area contributed by atoms with Gasteiger partial charge in [-0.2, -0.15) is 0 Å². The van der Waals surface area contributed by atoms with E-state index in [1.807, 2.05) is 60.7 Å². The molecule has 1 atom stereocenters. The van der Waals surface area contributed by atoms with Crippen molar-refractivity contribution in [3.05, 3.63) is 106 Å². The van der Waals surface area contributed by atoms with Gasteiger partial charge in [0.05, 0.1) is 12.6 Å². The van der Waals surface area contributed by atoms with Crippen LogP contribution in [0.3, 0.4) is 0 Å². The average Bonchev–Trinajstić information content (AvgIpc) is 2.76. The molecule has 1 N–H and O–H groups in total. The van der Waals surface area contributed by atoms with Crippen LogP contribution in [-0.2, 0) is 13.2 Å². The van der Waals surface area contributed by atoms with Crippen molar-refractivity contribution in [3.63, 3.8) is 0 Å². The average molecular weight is 375 g/mol. The third-order valence-corrected chi connectivity index (χ3v) is 4.14. The highest BCUT2D eigenvalue weighted by molar-refractivity contribution is 5.44. The topological polar surface area (TPSA) is 87.5 Å². The molecule has 0 unspecified atom stereocenters. The summed E-state index contributed by atoms with van der Waals surface area (Å²) in [5, 5.41) is 13.6. The Balaban J connectivity index is 1.78. The number of rotatable bonds is 9. The highest BCUT2D eigenvalue weighted by Crippen LogP contribution is 2.32. The maximum absolute atomic E-state index is 10.2. The van der Waals surface area contributed by atoms with E-state index in [4.69, 9.17) is 15.0 Å². The Labute approximate surface area is 163 Å². The summed E-state index contributed by atoms with van der Waals surface area (Å²) in [5.74, 6) is 1.11. The van der Waals surface area contributed by atoms with E-state index >= 15 is 0 Å². The molecule has 0 aliphatic rings. The van der Waals surface area contributed by atoms with E-state index in [1.54, 1.807) is 18.2 Å². The van der Waals surface area contributed by atoms with Crippen LogP contribution in [0, 0.1) is 0 Å². The van der Waals surface area contributed by atoms with E-state index in [2.05, 4.69) is 10.0 Å². The number of azide groups is 1. The highest BCUT2D eigenvalue weighted by atomic mass is 16.5. The number of nitrogens with zero attached hydrogens (tertiary/aromatic N) is 3. The Morgan fingerprint density at radius 3 is 1.96 bits per heavy atom. The van der Waals surface area contributed by atoms with Gasteiger partial charge in [0.1, 0.15) is 13.2 Å². The van der Waals surface area contributed by atoms with Crippen LogP contribution in [0.25, 0.3) is 10.4 Å². The van der Waals surface area contributed by atoms with Crippen LogP contribution in [0.15, 0.2) is 84.0 Å². The molecule has 6 nitrogen and oxygen atoms in total. The van der Waals surface area contributed by atoms with Crippen molar-refractivity contribution in [2.45, 2.75) is 19.3 Å². The van der Waals surface area contributed by atoms with Crippen molar-refractivity contribution in [3.8, 4) is 11.5 Å². The number of benzene rings is 3. The van der Waals surface area contributed by atoms with Gasteiger partial charge in [-0.3, -0.25) is 0 Å². The maximum atomic E-state index is 10.2. The van der Waals surface area contributed by atoms with Gasteiger partial charge in [-0.1, -0.05) is 71.8 Å². The lowest BCUT2D eigenvalue weighted by molar-refractivity contribution is 0.185. The van der Waals surface area contributed by atoms with Gasteiger partial charge in [-0.25, -0.2) is 0 Å². The predicted octanol–water partition coefficient (Wildman–Crippen LogP) is 5.19. The molecule has 3 rings (SSSR count). The number of hydrogen-bond acceptors (Lipinski definition) is 4. The van der Waals surface area contributed by atoms with Gasteiger partial charge in [0, 0.05) is 4.91 Å². The first kappa shape index (κ1) is 19.3. The summed E-state index contributed by atoms with van der Waals surface area (Å²) >= 11 is 0. The van der Waals surface area contributed by atoms with E-state index in [-0.39, 0.29) is 6.54 Å². The summed E-state index contributed by atoms with van der Waals surface area (Å²) in [6.45, 7) is 0.737. The first-order valence-corrected chi connectivity index (χ1v) is 8.92. The zero-order valence-corrected chi connectivity index (χ0v) is 15.3. The number of aliphatic hydroxyl groups is 1. The van der Waals surface area contributed by atoms with E-state index in [1.165, 1.54) is 0 Å². The third kappa shape index (κ3) is 5.51. The molecule has 142 valence electrons. The molecule has 3 aromatic carbocycles. The van der Waals surface area contributed by atoms with Crippen LogP contribution < -0.4 is 9.47 Å². The summed E-state index contributed by atoms with van der Waals surface area (Å²) in [7, 11) is 0. The molecule has 3 aromatic rings. The largest absolute Gasteiger partial charge is 0.485 e. The van der Waals surface area contributed by atoms with Gasteiger partial charge in [0.25, 0.3) is 0 Å². The SMILES string of the molecule is [N-]=[N+]=NC[C@H](O)c1ccc(OCc2ccccc2)c(OCc2ccccc2)c1. The van der Waals surface area contributed by atoms with Gasteiger partial charge in [-0.05, 0) is 34.4 Å². The van der Waals surface area contributed by atoms with E-state index in [0.717, 1.165) is 11.1 Å². The normalized spacial score (nSPS) is 11.3. The summed E-state index contributed by atoms with van der Waals surface area (Å²) < 4.78 is 11.9. The molecule has 0 heterocycles. The minimum Gasteiger partial charge on any atom is -0.485 e. The van der Waals surface area contributed by atoms with Gasteiger partial charge < -0.3 is 14.6 Å². The van der Waals surface area contributed by atoms with E-state index in [9.17, 15) is 5.11 Å². The molecule has 0 aromatic heterocycles. The monoisotopic (exact) mass is 375 g/mol. The van der Waals surface area contributed by atoms with Crippen molar-refractivity contribution in [2.24, 2.45) is 5.11 Å². The quantitative estimate of drug-likeness (QED) is 0.317. The molecule has 0 saturated heterocycles. The van der Waals surface area contributed by atoms with Gasteiger partial charge in [0.2, 0.25) is 0 Å². The third-order valence-electron chi connectivity index (χ3n) is 4.14. The lowest BCUT2D eigenvalue weighted by Crippen LogP contribution is -2.04. The van der Waals surface area contributed by atoms with Crippen molar-refractivity contribution >= 4 is 0 Å². The molecule has 0 bridgehead atoms. The molecular weight excluding hydrogens is 354 g/mol. The maximum Gasteiger partial charge on any atom is 0.162 e. The fourth-order valence-corrected chi connectivity index (χ4v) is 2.65. The molecule has 0 radical (unpaired) electrons. The van der Waals surface area contributed by atoms with Crippen LogP contribution in [0.4, 0.5) is 0 Å². The molecule has 0 aliphatic heterocycles. The minimum absolute atomic E-state index is 0.0428. The van der Waals surface area contributed by atoms with Crippen LogP contribution in [-0.4, -0.2) is 11.7 Å². The second-order valence-electron chi connectivity index (χ2n) is 6.18. The molecule has 28 heavy (non-hydrogen) atoms. The van der Waals surface area contributed by atoms with E-state index < -0.39 is 6.10 Å². The molecule has 0 amide bonds. The Morgan fingerprint density at radius 1 is 0.821 bits per heavy atom. The predicted molar refractivity (Wildman–Crippen MR) is 107 cm³/mol. The van der Waals surface area contributed by atoms with Crippen LogP contribution in [0.2, 0.25) is 0 Å².